The first kappa shape index (κ1) is 15.1. The van der Waals surface area contributed by atoms with Gasteiger partial charge in [0.25, 0.3) is 11.8 Å². The standard InChI is InChI=1S/C13H13BrF2N2O2/c1-8-7-13(20,12(2,15)16)18(17-8)11(19)9-4-3-5-10(14)6-9/h3-6,20H,7H2,1-2H3/t13-/m0/s1. The van der Waals surface area contributed by atoms with Crippen molar-refractivity contribution < 1.29 is 18.7 Å². The second-order valence-electron chi connectivity index (χ2n) is 4.84. The van der Waals surface area contributed by atoms with E-state index in [0.717, 1.165) is 0 Å². The highest BCUT2D eigenvalue weighted by atomic mass is 79.9. The second kappa shape index (κ2) is 4.89. The molecule has 1 aromatic rings. The Hall–Kier alpha value is -1.34. The molecule has 0 bridgehead atoms. The molecule has 1 aliphatic heterocycles. The van der Waals surface area contributed by atoms with Crippen molar-refractivity contribution in [2.75, 3.05) is 0 Å². The van der Waals surface area contributed by atoms with E-state index in [0.29, 0.717) is 16.4 Å². The molecule has 0 fully saturated rings. The molecule has 0 radical (unpaired) electrons. The summed E-state index contributed by atoms with van der Waals surface area (Å²) in [7, 11) is 0. The molecule has 1 aliphatic rings. The van der Waals surface area contributed by atoms with Crippen LogP contribution in [0.1, 0.15) is 30.6 Å². The molecule has 0 saturated carbocycles. The molecular formula is C13H13BrF2N2O2. The van der Waals surface area contributed by atoms with Crippen molar-refractivity contribution >= 4 is 27.5 Å². The summed E-state index contributed by atoms with van der Waals surface area (Å²) in [6.07, 6.45) is -0.379. The number of nitrogens with zero attached hydrogens (tertiary/aromatic N) is 2. The van der Waals surface area contributed by atoms with Crippen LogP contribution in [-0.4, -0.2) is 33.4 Å². The minimum Gasteiger partial charge on any atom is -0.364 e. The number of carbonyl (C=O) groups excluding carboxylic acids is 1. The van der Waals surface area contributed by atoms with E-state index in [1.165, 1.54) is 19.1 Å². The summed E-state index contributed by atoms with van der Waals surface area (Å²) < 4.78 is 28.0. The SMILES string of the molecule is CC1=NN(C(=O)c2cccc(Br)c2)[C@@](O)(C(C)(F)F)C1. The third-order valence-corrected chi connectivity index (χ3v) is 3.58. The number of hydrogen-bond acceptors (Lipinski definition) is 3. The zero-order valence-corrected chi connectivity index (χ0v) is 12.5. The van der Waals surface area contributed by atoms with Gasteiger partial charge in [-0.15, -0.1) is 0 Å². The van der Waals surface area contributed by atoms with E-state index in [9.17, 15) is 18.7 Å². The second-order valence-corrected chi connectivity index (χ2v) is 5.76. The number of carbonyl (C=O) groups is 1. The van der Waals surface area contributed by atoms with Crippen molar-refractivity contribution in [3.63, 3.8) is 0 Å². The maximum atomic E-state index is 13.7. The van der Waals surface area contributed by atoms with Gasteiger partial charge in [0.2, 0.25) is 5.72 Å². The number of hydrogen-bond donors (Lipinski definition) is 1. The fraction of sp³-hybridized carbons (Fsp3) is 0.385. The normalized spacial score (nSPS) is 22.9. The summed E-state index contributed by atoms with van der Waals surface area (Å²) in [5, 5.41) is 14.4. The van der Waals surface area contributed by atoms with Gasteiger partial charge in [-0.25, -0.2) is 8.78 Å². The smallest absolute Gasteiger partial charge is 0.294 e. The van der Waals surface area contributed by atoms with Crippen LogP contribution in [0.3, 0.4) is 0 Å². The minimum absolute atomic E-state index is 0.167. The van der Waals surface area contributed by atoms with Crippen LogP contribution >= 0.6 is 15.9 Å². The van der Waals surface area contributed by atoms with Crippen LogP contribution in [0.4, 0.5) is 8.78 Å². The molecule has 20 heavy (non-hydrogen) atoms. The van der Waals surface area contributed by atoms with Gasteiger partial charge in [0, 0.05) is 29.1 Å². The molecule has 1 amide bonds. The first-order valence-corrected chi connectivity index (χ1v) is 6.69. The predicted octanol–water partition coefficient (Wildman–Crippen LogP) is 3.01. The highest BCUT2D eigenvalue weighted by molar-refractivity contribution is 9.10. The van der Waals surface area contributed by atoms with E-state index in [2.05, 4.69) is 21.0 Å². The monoisotopic (exact) mass is 346 g/mol. The molecule has 1 N–H and O–H groups in total. The lowest BCUT2D eigenvalue weighted by molar-refractivity contribution is -0.222. The zero-order chi connectivity index (χ0) is 15.1. The average Bonchev–Trinajstić information content (AvgIpc) is 2.64. The van der Waals surface area contributed by atoms with E-state index in [4.69, 9.17) is 0 Å². The van der Waals surface area contributed by atoms with Crippen molar-refractivity contribution in [3.05, 3.63) is 34.3 Å². The molecule has 4 nitrogen and oxygen atoms in total. The lowest BCUT2D eigenvalue weighted by Crippen LogP contribution is -2.57. The Balaban J connectivity index is 2.42. The first-order chi connectivity index (χ1) is 9.15. The van der Waals surface area contributed by atoms with Crippen LogP contribution in [0.25, 0.3) is 0 Å². The highest BCUT2D eigenvalue weighted by Gasteiger charge is 2.58. The average molecular weight is 347 g/mol. The number of amides is 1. The van der Waals surface area contributed by atoms with Crippen LogP contribution in [-0.2, 0) is 0 Å². The summed E-state index contributed by atoms with van der Waals surface area (Å²) >= 11 is 3.20. The van der Waals surface area contributed by atoms with E-state index in [-0.39, 0.29) is 17.7 Å². The van der Waals surface area contributed by atoms with E-state index in [1.807, 2.05) is 0 Å². The number of rotatable bonds is 2. The van der Waals surface area contributed by atoms with E-state index in [1.54, 1.807) is 12.1 Å². The molecule has 7 heteroatoms. The van der Waals surface area contributed by atoms with Gasteiger partial charge in [0.1, 0.15) is 0 Å². The van der Waals surface area contributed by atoms with Crippen LogP contribution in [0.15, 0.2) is 33.8 Å². The molecule has 0 aromatic heterocycles. The fourth-order valence-electron chi connectivity index (χ4n) is 2.02. The fourth-order valence-corrected chi connectivity index (χ4v) is 2.42. The first-order valence-electron chi connectivity index (χ1n) is 5.89. The van der Waals surface area contributed by atoms with Crippen molar-refractivity contribution in [3.8, 4) is 0 Å². The third-order valence-electron chi connectivity index (χ3n) is 3.09. The molecule has 0 aliphatic carbocycles. The van der Waals surface area contributed by atoms with Crippen molar-refractivity contribution in [1.82, 2.24) is 5.01 Å². The van der Waals surface area contributed by atoms with Gasteiger partial charge < -0.3 is 5.11 Å². The maximum absolute atomic E-state index is 13.7. The molecule has 1 atom stereocenters. The van der Waals surface area contributed by atoms with Crippen LogP contribution in [0, 0.1) is 0 Å². The summed E-state index contributed by atoms with van der Waals surface area (Å²) in [6, 6.07) is 6.27. The van der Waals surface area contributed by atoms with Crippen LogP contribution in [0.5, 0.6) is 0 Å². The number of benzene rings is 1. The Morgan fingerprint density at radius 2 is 2.20 bits per heavy atom. The summed E-state index contributed by atoms with van der Waals surface area (Å²) in [4.78, 5) is 12.3. The lowest BCUT2D eigenvalue weighted by atomic mass is 10.0. The Labute approximate surface area is 123 Å². The third kappa shape index (κ3) is 2.47. The summed E-state index contributed by atoms with van der Waals surface area (Å²) in [5.41, 5.74) is -2.19. The van der Waals surface area contributed by atoms with Gasteiger partial charge in [-0.2, -0.15) is 10.1 Å². The number of alkyl halides is 2. The number of hydrazone groups is 1. The Morgan fingerprint density at radius 1 is 1.55 bits per heavy atom. The summed E-state index contributed by atoms with van der Waals surface area (Å²) in [5.74, 6) is -4.26. The highest BCUT2D eigenvalue weighted by Crippen LogP contribution is 2.39. The van der Waals surface area contributed by atoms with E-state index < -0.39 is 17.6 Å². The van der Waals surface area contributed by atoms with Crippen molar-refractivity contribution in [2.45, 2.75) is 31.9 Å². The van der Waals surface area contributed by atoms with E-state index >= 15 is 0 Å². The van der Waals surface area contributed by atoms with Crippen molar-refractivity contribution in [2.24, 2.45) is 5.10 Å². The summed E-state index contributed by atoms with van der Waals surface area (Å²) in [6.45, 7) is 2.06. The largest absolute Gasteiger partial charge is 0.364 e. The molecule has 0 spiro atoms. The minimum atomic E-state index is -3.49. The number of aliphatic hydroxyl groups is 1. The van der Waals surface area contributed by atoms with Gasteiger partial charge in [0.15, 0.2) is 0 Å². The molecule has 1 heterocycles. The van der Waals surface area contributed by atoms with Gasteiger partial charge in [-0.1, -0.05) is 22.0 Å². The van der Waals surface area contributed by atoms with Crippen LogP contribution < -0.4 is 0 Å². The Morgan fingerprint density at radius 3 is 2.75 bits per heavy atom. The van der Waals surface area contributed by atoms with Crippen LogP contribution in [0.2, 0.25) is 0 Å². The maximum Gasteiger partial charge on any atom is 0.294 e. The van der Waals surface area contributed by atoms with Gasteiger partial charge in [0.05, 0.1) is 0 Å². The van der Waals surface area contributed by atoms with Gasteiger partial charge in [-0.05, 0) is 25.1 Å². The number of halogens is 3. The van der Waals surface area contributed by atoms with Crippen molar-refractivity contribution in [1.29, 1.82) is 0 Å². The van der Waals surface area contributed by atoms with Gasteiger partial charge in [-0.3, -0.25) is 4.79 Å². The molecule has 2 rings (SSSR count). The Bertz CT molecular complexity index is 586. The Kier molecular flexibility index (Phi) is 3.68. The van der Waals surface area contributed by atoms with Gasteiger partial charge >= 0.3 is 0 Å². The zero-order valence-electron chi connectivity index (χ0n) is 10.9. The molecule has 108 valence electrons. The lowest BCUT2D eigenvalue weighted by Gasteiger charge is -2.35. The molecular weight excluding hydrogens is 334 g/mol. The predicted molar refractivity (Wildman–Crippen MR) is 73.6 cm³/mol. The molecule has 1 aromatic carbocycles. The molecule has 0 saturated heterocycles. The molecule has 0 unspecified atom stereocenters. The quantitative estimate of drug-likeness (QED) is 0.894. The topological polar surface area (TPSA) is 52.9 Å².